The van der Waals surface area contributed by atoms with Gasteiger partial charge in [-0.15, -0.1) is 0 Å². The molecule has 0 aromatic heterocycles. The first-order valence-corrected chi connectivity index (χ1v) is 13.7. The Morgan fingerprint density at radius 3 is 2.14 bits per heavy atom. The SMILES string of the molecule is O=C(Nc1ccc(N2CCN(C(=O)c3ccccc3F)CC2)c(C(=O)NCc2ccc(F)cc2)c1)c1ccc(Cl)cc1. The van der Waals surface area contributed by atoms with Gasteiger partial charge in [0.2, 0.25) is 0 Å². The summed E-state index contributed by atoms with van der Waals surface area (Å²) in [6.45, 7) is 1.66. The van der Waals surface area contributed by atoms with Gasteiger partial charge in [-0.3, -0.25) is 14.4 Å². The van der Waals surface area contributed by atoms with Crippen molar-refractivity contribution >= 4 is 40.7 Å². The summed E-state index contributed by atoms with van der Waals surface area (Å²) in [6.07, 6.45) is 0. The van der Waals surface area contributed by atoms with Crippen molar-refractivity contribution in [3.05, 3.63) is 130 Å². The van der Waals surface area contributed by atoms with E-state index in [4.69, 9.17) is 11.6 Å². The lowest BCUT2D eigenvalue weighted by Gasteiger charge is -2.37. The number of piperazine rings is 1. The number of nitrogens with zero attached hydrogens (tertiary/aromatic N) is 2. The first-order chi connectivity index (χ1) is 20.3. The first kappa shape index (κ1) is 28.8. The van der Waals surface area contributed by atoms with Crippen LogP contribution in [-0.2, 0) is 6.54 Å². The summed E-state index contributed by atoms with van der Waals surface area (Å²) < 4.78 is 27.5. The Morgan fingerprint density at radius 2 is 1.45 bits per heavy atom. The van der Waals surface area contributed by atoms with Crippen LogP contribution >= 0.6 is 11.6 Å². The molecule has 0 bridgehead atoms. The van der Waals surface area contributed by atoms with Gasteiger partial charge in [-0.25, -0.2) is 8.78 Å². The molecule has 2 N–H and O–H groups in total. The first-order valence-electron chi connectivity index (χ1n) is 13.3. The highest BCUT2D eigenvalue weighted by molar-refractivity contribution is 6.30. The van der Waals surface area contributed by atoms with E-state index < -0.39 is 5.82 Å². The maximum absolute atomic E-state index is 14.2. The van der Waals surface area contributed by atoms with Crippen LogP contribution in [0.5, 0.6) is 0 Å². The molecule has 0 spiro atoms. The van der Waals surface area contributed by atoms with Crippen LogP contribution < -0.4 is 15.5 Å². The van der Waals surface area contributed by atoms with E-state index in [0.29, 0.717) is 53.7 Å². The second-order valence-corrected chi connectivity index (χ2v) is 10.2. The van der Waals surface area contributed by atoms with Gasteiger partial charge in [0.25, 0.3) is 17.7 Å². The lowest BCUT2D eigenvalue weighted by molar-refractivity contribution is 0.0741. The van der Waals surface area contributed by atoms with Gasteiger partial charge in [0.15, 0.2) is 0 Å². The second kappa shape index (κ2) is 12.8. The molecule has 0 saturated carbocycles. The average molecular weight is 589 g/mol. The summed E-state index contributed by atoms with van der Waals surface area (Å²) in [5.41, 5.74) is 2.50. The number of amides is 3. The van der Waals surface area contributed by atoms with Crippen LogP contribution in [0.25, 0.3) is 0 Å². The Kier molecular flexibility index (Phi) is 8.78. The molecule has 0 atom stereocenters. The van der Waals surface area contributed by atoms with Gasteiger partial charge in [0.1, 0.15) is 11.6 Å². The van der Waals surface area contributed by atoms with Crippen molar-refractivity contribution in [3.63, 3.8) is 0 Å². The topological polar surface area (TPSA) is 81.8 Å². The second-order valence-electron chi connectivity index (χ2n) is 9.76. The van der Waals surface area contributed by atoms with Gasteiger partial charge in [-0.05, 0) is 72.3 Å². The minimum absolute atomic E-state index is 0.0209. The monoisotopic (exact) mass is 588 g/mol. The van der Waals surface area contributed by atoms with Crippen molar-refractivity contribution in [1.29, 1.82) is 0 Å². The number of nitrogens with one attached hydrogen (secondary N) is 2. The summed E-state index contributed by atoms with van der Waals surface area (Å²) in [7, 11) is 0. The molecule has 4 aromatic carbocycles. The molecule has 1 saturated heterocycles. The summed E-state index contributed by atoms with van der Waals surface area (Å²) in [5, 5.41) is 6.19. The molecule has 1 heterocycles. The number of hydrogen-bond donors (Lipinski definition) is 2. The van der Waals surface area contributed by atoms with Crippen LogP contribution in [0, 0.1) is 11.6 Å². The Hall–Kier alpha value is -4.76. The Balaban J connectivity index is 1.35. The molecule has 3 amide bonds. The number of hydrogen-bond acceptors (Lipinski definition) is 4. The molecule has 4 aromatic rings. The number of carbonyl (C=O) groups excluding carboxylic acids is 3. The zero-order chi connectivity index (χ0) is 29.6. The fourth-order valence-corrected chi connectivity index (χ4v) is 4.84. The van der Waals surface area contributed by atoms with Crippen molar-refractivity contribution in [2.45, 2.75) is 6.54 Å². The van der Waals surface area contributed by atoms with E-state index in [-0.39, 0.29) is 35.6 Å². The number of rotatable bonds is 7. The highest BCUT2D eigenvalue weighted by Crippen LogP contribution is 2.27. The molecule has 0 unspecified atom stereocenters. The van der Waals surface area contributed by atoms with Crippen molar-refractivity contribution in [2.24, 2.45) is 0 Å². The fourth-order valence-electron chi connectivity index (χ4n) is 4.71. The lowest BCUT2D eigenvalue weighted by atomic mass is 10.1. The predicted octanol–water partition coefficient (Wildman–Crippen LogP) is 5.76. The Labute approximate surface area is 246 Å². The van der Waals surface area contributed by atoms with E-state index in [2.05, 4.69) is 10.6 Å². The van der Waals surface area contributed by atoms with Crippen LogP contribution in [0.15, 0.2) is 91.0 Å². The molecular weight excluding hydrogens is 562 g/mol. The highest BCUT2D eigenvalue weighted by Gasteiger charge is 2.26. The van der Waals surface area contributed by atoms with Gasteiger partial charge in [0, 0.05) is 54.7 Å². The van der Waals surface area contributed by atoms with E-state index in [9.17, 15) is 23.2 Å². The maximum Gasteiger partial charge on any atom is 0.256 e. The Bertz CT molecular complexity index is 1610. The van der Waals surface area contributed by atoms with Gasteiger partial charge in [-0.1, -0.05) is 35.9 Å². The smallest absolute Gasteiger partial charge is 0.256 e. The molecule has 7 nitrogen and oxygen atoms in total. The minimum Gasteiger partial charge on any atom is -0.367 e. The highest BCUT2D eigenvalue weighted by atomic mass is 35.5. The largest absolute Gasteiger partial charge is 0.367 e. The fraction of sp³-hybridized carbons (Fsp3) is 0.156. The van der Waals surface area contributed by atoms with Gasteiger partial charge < -0.3 is 20.4 Å². The van der Waals surface area contributed by atoms with Crippen LogP contribution in [0.1, 0.15) is 36.6 Å². The molecule has 0 aliphatic carbocycles. The number of carbonyl (C=O) groups is 3. The summed E-state index contributed by atoms with van der Waals surface area (Å²) in [4.78, 5) is 42.7. The molecule has 5 rings (SSSR count). The van der Waals surface area contributed by atoms with E-state index in [1.54, 1.807) is 65.6 Å². The van der Waals surface area contributed by atoms with Crippen LogP contribution in [0.2, 0.25) is 5.02 Å². The quantitative estimate of drug-likeness (QED) is 0.288. The van der Waals surface area contributed by atoms with E-state index in [1.165, 1.54) is 30.3 Å². The van der Waals surface area contributed by atoms with Gasteiger partial charge in [0.05, 0.1) is 11.1 Å². The van der Waals surface area contributed by atoms with Crippen molar-refractivity contribution < 1.29 is 23.2 Å². The zero-order valence-corrected chi connectivity index (χ0v) is 23.2. The third-order valence-corrected chi connectivity index (χ3v) is 7.24. The third kappa shape index (κ3) is 6.75. The molecule has 10 heteroatoms. The van der Waals surface area contributed by atoms with Crippen molar-refractivity contribution in [1.82, 2.24) is 10.2 Å². The standard InChI is InChI=1S/C32H27ClF2N4O3/c33-23-9-7-22(8-10-23)30(40)37-25-13-14-29(27(19-25)31(41)36-20-21-5-11-24(34)12-6-21)38-15-17-39(18-16-38)32(42)26-3-1-2-4-28(26)35/h1-14,19H,15-18,20H2,(H,36,41)(H,37,40). The lowest BCUT2D eigenvalue weighted by Crippen LogP contribution is -2.49. The summed E-state index contributed by atoms with van der Waals surface area (Å²) >= 11 is 5.93. The average Bonchev–Trinajstić information content (AvgIpc) is 3.01. The molecule has 1 aliphatic rings. The van der Waals surface area contributed by atoms with Crippen LogP contribution in [0.4, 0.5) is 20.2 Å². The molecule has 1 fully saturated rings. The number of benzene rings is 4. The molecule has 1 aliphatic heterocycles. The minimum atomic E-state index is -0.568. The Morgan fingerprint density at radius 1 is 0.762 bits per heavy atom. The molecule has 42 heavy (non-hydrogen) atoms. The zero-order valence-electron chi connectivity index (χ0n) is 22.4. The summed E-state index contributed by atoms with van der Waals surface area (Å²) in [5.74, 6) is -2.07. The van der Waals surface area contributed by atoms with Crippen LogP contribution in [-0.4, -0.2) is 48.8 Å². The van der Waals surface area contributed by atoms with E-state index in [0.717, 1.165) is 5.56 Å². The number of anilines is 2. The molecule has 0 radical (unpaired) electrons. The predicted molar refractivity (Wildman–Crippen MR) is 158 cm³/mol. The summed E-state index contributed by atoms with van der Waals surface area (Å²) in [6, 6.07) is 23.2. The van der Waals surface area contributed by atoms with E-state index in [1.807, 2.05) is 4.90 Å². The van der Waals surface area contributed by atoms with Gasteiger partial charge in [-0.2, -0.15) is 0 Å². The van der Waals surface area contributed by atoms with E-state index >= 15 is 0 Å². The number of halogens is 3. The van der Waals surface area contributed by atoms with Crippen molar-refractivity contribution in [3.8, 4) is 0 Å². The van der Waals surface area contributed by atoms with Gasteiger partial charge >= 0.3 is 0 Å². The maximum atomic E-state index is 14.2. The normalized spacial score (nSPS) is 13.0. The van der Waals surface area contributed by atoms with Crippen LogP contribution in [0.3, 0.4) is 0 Å². The molecule has 214 valence electrons. The molecular formula is C32H27ClF2N4O3. The third-order valence-electron chi connectivity index (χ3n) is 6.98. The van der Waals surface area contributed by atoms with Crippen molar-refractivity contribution in [2.75, 3.05) is 36.4 Å².